The molecule has 47 heavy (non-hydrogen) atoms. The van der Waals surface area contributed by atoms with Crippen LogP contribution in [0.15, 0.2) is 170 Å². The first-order chi connectivity index (χ1) is 23.3. The van der Waals surface area contributed by atoms with Crippen molar-refractivity contribution < 1.29 is 0 Å². The highest BCUT2D eigenvalue weighted by Crippen LogP contribution is 2.49. The molecule has 0 nitrogen and oxygen atoms in total. The minimum atomic E-state index is 1.24. The number of hydrogen-bond donors (Lipinski definition) is 0. The van der Waals surface area contributed by atoms with Crippen LogP contribution in [-0.2, 0) is 0 Å². The van der Waals surface area contributed by atoms with Crippen molar-refractivity contribution in [1.29, 1.82) is 0 Å². The van der Waals surface area contributed by atoms with E-state index in [9.17, 15) is 0 Å². The van der Waals surface area contributed by atoms with E-state index in [1.165, 1.54) is 96.6 Å². The highest BCUT2D eigenvalue weighted by atomic mass is 32.1. The Morgan fingerprint density at radius 3 is 1.43 bits per heavy atom. The van der Waals surface area contributed by atoms with Crippen LogP contribution in [-0.4, -0.2) is 0 Å². The molecule has 218 valence electrons. The second-order valence-electron chi connectivity index (χ2n) is 12.5. The molecular weight excluding hydrogens is 585 g/mol. The fraction of sp³-hybridized carbons (Fsp3) is 0. The van der Waals surface area contributed by atoms with E-state index >= 15 is 0 Å². The Balaban J connectivity index is 1.34. The van der Waals surface area contributed by atoms with E-state index < -0.39 is 0 Å². The van der Waals surface area contributed by atoms with Crippen molar-refractivity contribution in [3.63, 3.8) is 0 Å². The van der Waals surface area contributed by atoms with E-state index in [1.54, 1.807) is 0 Å². The molecule has 0 aliphatic carbocycles. The van der Waals surface area contributed by atoms with Gasteiger partial charge in [-0.1, -0.05) is 140 Å². The number of benzene rings is 9. The summed E-state index contributed by atoms with van der Waals surface area (Å²) in [5.41, 5.74) is 7.63. The minimum absolute atomic E-state index is 1.24. The molecule has 0 fully saturated rings. The summed E-state index contributed by atoms with van der Waals surface area (Å²) in [6.45, 7) is 0. The van der Waals surface area contributed by atoms with Crippen LogP contribution in [0.4, 0.5) is 0 Å². The van der Waals surface area contributed by atoms with Crippen molar-refractivity contribution in [2.45, 2.75) is 0 Å². The summed E-state index contributed by atoms with van der Waals surface area (Å²) in [6, 6.07) is 62.9. The lowest BCUT2D eigenvalue weighted by Crippen LogP contribution is -1.92. The predicted molar refractivity (Wildman–Crippen MR) is 206 cm³/mol. The summed E-state index contributed by atoms with van der Waals surface area (Å²) in [5, 5.41) is 12.8. The Morgan fingerprint density at radius 2 is 0.787 bits per heavy atom. The van der Waals surface area contributed by atoms with Gasteiger partial charge >= 0.3 is 0 Å². The zero-order valence-electron chi connectivity index (χ0n) is 25.6. The van der Waals surface area contributed by atoms with Crippen LogP contribution in [0.2, 0.25) is 0 Å². The van der Waals surface area contributed by atoms with Gasteiger partial charge in [-0.3, -0.25) is 0 Å². The van der Waals surface area contributed by atoms with Gasteiger partial charge in [0, 0.05) is 20.2 Å². The summed E-state index contributed by atoms with van der Waals surface area (Å²) in [4.78, 5) is 0. The second-order valence-corrected chi connectivity index (χ2v) is 13.5. The Bertz CT molecular complexity index is 2800. The van der Waals surface area contributed by atoms with Gasteiger partial charge in [0.1, 0.15) is 0 Å². The summed E-state index contributed by atoms with van der Waals surface area (Å²) >= 11 is 1.89. The summed E-state index contributed by atoms with van der Waals surface area (Å²) in [7, 11) is 0. The average molecular weight is 613 g/mol. The van der Waals surface area contributed by atoms with Crippen LogP contribution in [0.1, 0.15) is 0 Å². The van der Waals surface area contributed by atoms with E-state index in [2.05, 4.69) is 170 Å². The highest BCUT2D eigenvalue weighted by Gasteiger charge is 2.21. The summed E-state index contributed by atoms with van der Waals surface area (Å²) in [5.74, 6) is 0. The quantitative estimate of drug-likeness (QED) is 0.174. The van der Waals surface area contributed by atoms with Crippen LogP contribution < -0.4 is 0 Å². The van der Waals surface area contributed by atoms with Gasteiger partial charge in [0.15, 0.2) is 0 Å². The van der Waals surface area contributed by atoms with Crippen molar-refractivity contribution in [2.24, 2.45) is 0 Å². The standard InChI is InChI=1S/C46H28S/c1-3-13-31-25-33(23-21-29(31)11-1)35-27-41(46-40-19-9-10-20-42(40)47-43(46)28-35)45-38-17-7-5-15-36(38)44(37-16-6-8-18-39(37)45)34-24-22-30-12-2-4-14-32(30)26-34/h1-28H. The zero-order chi connectivity index (χ0) is 30.9. The van der Waals surface area contributed by atoms with E-state index in [4.69, 9.17) is 0 Å². The van der Waals surface area contributed by atoms with Gasteiger partial charge in [0.2, 0.25) is 0 Å². The van der Waals surface area contributed by atoms with E-state index in [0.717, 1.165) is 0 Å². The number of hydrogen-bond acceptors (Lipinski definition) is 1. The Hall–Kier alpha value is -5.76. The number of rotatable bonds is 3. The van der Waals surface area contributed by atoms with E-state index in [0.29, 0.717) is 0 Å². The monoisotopic (exact) mass is 612 g/mol. The molecule has 0 aliphatic heterocycles. The third-order valence-electron chi connectivity index (χ3n) is 9.80. The second kappa shape index (κ2) is 10.4. The van der Waals surface area contributed by atoms with Crippen molar-refractivity contribution in [3.8, 4) is 33.4 Å². The molecule has 0 unspecified atom stereocenters. The van der Waals surface area contributed by atoms with Gasteiger partial charge in [0.25, 0.3) is 0 Å². The van der Waals surface area contributed by atoms with Gasteiger partial charge in [-0.05, 0) is 107 Å². The third kappa shape index (κ3) is 4.14. The van der Waals surface area contributed by atoms with Crippen LogP contribution in [0.5, 0.6) is 0 Å². The largest absolute Gasteiger partial charge is 0.135 e. The maximum absolute atomic E-state index is 2.45. The minimum Gasteiger partial charge on any atom is -0.135 e. The molecule has 9 aromatic carbocycles. The molecule has 0 N–H and O–H groups in total. The lowest BCUT2D eigenvalue weighted by atomic mass is 9.84. The molecule has 0 atom stereocenters. The van der Waals surface area contributed by atoms with Crippen LogP contribution in [0.25, 0.3) is 96.6 Å². The molecule has 1 heterocycles. The van der Waals surface area contributed by atoms with Crippen LogP contribution in [0, 0.1) is 0 Å². The molecule has 0 radical (unpaired) electrons. The molecule has 10 aromatic rings. The van der Waals surface area contributed by atoms with Crippen LogP contribution in [0.3, 0.4) is 0 Å². The summed E-state index contributed by atoms with van der Waals surface area (Å²) < 4.78 is 2.64. The lowest BCUT2D eigenvalue weighted by molar-refractivity contribution is 1.67. The molecule has 0 saturated carbocycles. The average Bonchev–Trinajstić information content (AvgIpc) is 3.52. The molecule has 0 spiro atoms. The number of thiophene rings is 1. The fourth-order valence-corrected chi connectivity index (χ4v) is 8.83. The molecule has 1 heteroatoms. The lowest BCUT2D eigenvalue weighted by Gasteiger charge is -2.19. The van der Waals surface area contributed by atoms with Crippen molar-refractivity contribution >= 4 is 74.6 Å². The van der Waals surface area contributed by atoms with Gasteiger partial charge in [-0.25, -0.2) is 0 Å². The Labute approximate surface area is 276 Å². The first kappa shape index (κ1) is 26.5. The SMILES string of the molecule is c1ccc2cc(-c3cc(-c4c5ccccc5c(-c5ccc6ccccc6c5)c5ccccc45)c4c(c3)sc3ccccc34)ccc2c1. The third-order valence-corrected chi connectivity index (χ3v) is 10.9. The molecule has 1 aromatic heterocycles. The van der Waals surface area contributed by atoms with E-state index in [-0.39, 0.29) is 0 Å². The van der Waals surface area contributed by atoms with Crippen LogP contribution >= 0.6 is 11.3 Å². The Morgan fingerprint density at radius 1 is 0.298 bits per heavy atom. The van der Waals surface area contributed by atoms with Crippen molar-refractivity contribution in [2.75, 3.05) is 0 Å². The number of fused-ring (bicyclic) bond motifs is 7. The van der Waals surface area contributed by atoms with Gasteiger partial charge in [0.05, 0.1) is 0 Å². The normalized spacial score (nSPS) is 11.8. The van der Waals surface area contributed by atoms with Gasteiger partial charge in [-0.2, -0.15) is 0 Å². The molecule has 0 amide bonds. The first-order valence-electron chi connectivity index (χ1n) is 16.2. The first-order valence-corrected chi connectivity index (χ1v) is 17.0. The zero-order valence-corrected chi connectivity index (χ0v) is 26.4. The van der Waals surface area contributed by atoms with Gasteiger partial charge < -0.3 is 0 Å². The van der Waals surface area contributed by atoms with Gasteiger partial charge in [-0.15, -0.1) is 11.3 Å². The maximum atomic E-state index is 2.45. The molecule has 0 saturated heterocycles. The van der Waals surface area contributed by atoms with Crippen molar-refractivity contribution in [1.82, 2.24) is 0 Å². The molecule has 10 rings (SSSR count). The fourth-order valence-electron chi connectivity index (χ4n) is 7.66. The summed E-state index contributed by atoms with van der Waals surface area (Å²) in [6.07, 6.45) is 0. The van der Waals surface area contributed by atoms with Crippen molar-refractivity contribution in [3.05, 3.63) is 170 Å². The topological polar surface area (TPSA) is 0 Å². The Kier molecular flexibility index (Phi) is 5.85. The molecular formula is C46H28S. The molecule has 0 aliphatic rings. The smallest absolute Gasteiger partial charge is 0.0367 e. The predicted octanol–water partition coefficient (Wildman–Crippen LogP) is 13.7. The van der Waals surface area contributed by atoms with E-state index in [1.807, 2.05) is 11.3 Å². The maximum Gasteiger partial charge on any atom is 0.0367 e. The molecule has 0 bridgehead atoms. The highest BCUT2D eigenvalue weighted by molar-refractivity contribution is 7.26.